The van der Waals surface area contributed by atoms with Gasteiger partial charge in [-0.05, 0) is 54.3 Å². The van der Waals surface area contributed by atoms with E-state index in [1.54, 1.807) is 15.2 Å². The number of amides is 1. The molecule has 0 heterocycles. The molecule has 0 aliphatic carbocycles. The van der Waals surface area contributed by atoms with Crippen LogP contribution in [-0.2, 0) is 0 Å². The summed E-state index contributed by atoms with van der Waals surface area (Å²) < 4.78 is 15.0. The highest BCUT2D eigenvalue weighted by molar-refractivity contribution is 14.1. The van der Waals surface area contributed by atoms with Crippen LogP contribution in [0.4, 0.5) is 15.8 Å². The summed E-state index contributed by atoms with van der Waals surface area (Å²) in [5.74, 6) is -0.466. The summed E-state index contributed by atoms with van der Waals surface area (Å²) in [5, 5.41) is 13.6. The second-order valence-electron chi connectivity index (χ2n) is 5.91. The van der Waals surface area contributed by atoms with Crippen molar-refractivity contribution < 1.29 is 14.3 Å². The maximum absolute atomic E-state index is 13.5. The smallest absolute Gasteiger partial charge is 0.267 e. The van der Waals surface area contributed by atoms with Crippen LogP contribution in [0.1, 0.15) is 15.9 Å². The Bertz CT molecular complexity index is 962. The van der Waals surface area contributed by atoms with Crippen molar-refractivity contribution in [2.24, 2.45) is 0 Å². The van der Waals surface area contributed by atoms with Crippen LogP contribution in [0.15, 0.2) is 54.6 Å². The third-order valence-electron chi connectivity index (χ3n) is 4.12. The fraction of sp³-hybridized carbons (Fsp3) is 0.150. The van der Waals surface area contributed by atoms with Gasteiger partial charge < -0.3 is 10.4 Å². The maximum Gasteiger partial charge on any atom is 0.267 e. The predicted molar refractivity (Wildman–Crippen MR) is 111 cm³/mol. The normalized spacial score (nSPS) is 10.8. The lowest BCUT2D eigenvalue weighted by molar-refractivity contribution is 0.101. The van der Waals surface area contributed by atoms with E-state index in [4.69, 9.17) is 5.11 Å². The molecule has 0 fully saturated rings. The number of aryl methyl sites for hydroxylation is 1. The zero-order chi connectivity index (χ0) is 18.7. The van der Waals surface area contributed by atoms with Crippen LogP contribution in [-0.4, -0.2) is 24.2 Å². The van der Waals surface area contributed by atoms with Crippen molar-refractivity contribution in [3.63, 3.8) is 0 Å². The molecule has 0 saturated carbocycles. The zero-order valence-corrected chi connectivity index (χ0v) is 16.3. The topological polar surface area (TPSA) is 52.6 Å². The van der Waals surface area contributed by atoms with Crippen LogP contribution in [0.25, 0.3) is 10.8 Å². The van der Waals surface area contributed by atoms with E-state index in [-0.39, 0.29) is 18.3 Å². The van der Waals surface area contributed by atoms with Gasteiger partial charge in [0.1, 0.15) is 5.82 Å². The summed E-state index contributed by atoms with van der Waals surface area (Å²) >= 11 is 1.98. The average Bonchev–Trinajstić information content (AvgIpc) is 2.65. The number of anilines is 2. The predicted octanol–water partition coefficient (Wildman–Crippen LogP) is 4.69. The molecule has 26 heavy (non-hydrogen) atoms. The Morgan fingerprint density at radius 2 is 2.00 bits per heavy atom. The van der Waals surface area contributed by atoms with Crippen molar-refractivity contribution in [1.29, 1.82) is 0 Å². The number of carbonyl (C=O) groups excluding carboxylic acids is 1. The molecule has 0 aliphatic rings. The second-order valence-corrected chi connectivity index (χ2v) is 6.87. The van der Waals surface area contributed by atoms with E-state index in [0.717, 1.165) is 22.0 Å². The molecule has 0 atom stereocenters. The van der Waals surface area contributed by atoms with Crippen LogP contribution < -0.4 is 8.43 Å². The first-order valence-corrected chi connectivity index (χ1v) is 9.11. The van der Waals surface area contributed by atoms with Crippen LogP contribution in [0, 0.1) is 12.7 Å². The second kappa shape index (κ2) is 8.01. The van der Waals surface area contributed by atoms with Crippen LogP contribution >= 0.6 is 22.9 Å². The number of aliphatic hydroxyl groups excluding tert-OH is 1. The Balaban J connectivity index is 1.98. The van der Waals surface area contributed by atoms with E-state index in [2.05, 4.69) is 5.32 Å². The van der Waals surface area contributed by atoms with Crippen molar-refractivity contribution >= 4 is 50.9 Å². The lowest BCUT2D eigenvalue weighted by atomic mass is 10.1. The van der Waals surface area contributed by atoms with Crippen molar-refractivity contribution in [2.75, 3.05) is 21.6 Å². The first kappa shape index (κ1) is 18.6. The minimum atomic E-state index is -0.306. The molecule has 3 rings (SSSR count). The van der Waals surface area contributed by atoms with Gasteiger partial charge in [-0.3, -0.25) is 4.79 Å². The minimum Gasteiger partial charge on any atom is -0.395 e. The highest BCUT2D eigenvalue weighted by atomic mass is 127. The van der Waals surface area contributed by atoms with Crippen LogP contribution in [0.2, 0.25) is 0 Å². The largest absolute Gasteiger partial charge is 0.395 e. The van der Waals surface area contributed by atoms with Gasteiger partial charge in [0.15, 0.2) is 0 Å². The quantitative estimate of drug-likeness (QED) is 0.426. The van der Waals surface area contributed by atoms with Gasteiger partial charge in [-0.15, -0.1) is 0 Å². The number of benzene rings is 3. The molecule has 0 aromatic heterocycles. The highest BCUT2D eigenvalue weighted by Crippen LogP contribution is 2.31. The van der Waals surface area contributed by atoms with Gasteiger partial charge in [-0.25, -0.2) is 7.50 Å². The third-order valence-corrected chi connectivity index (χ3v) is 5.08. The molecule has 3 aromatic rings. The van der Waals surface area contributed by atoms with Crippen molar-refractivity contribution in [2.45, 2.75) is 6.92 Å². The first-order valence-electron chi connectivity index (χ1n) is 8.15. The molecule has 6 heteroatoms. The molecular weight excluding hydrogens is 446 g/mol. The first-order chi connectivity index (χ1) is 12.5. The number of aliphatic hydroxyl groups is 1. The summed E-state index contributed by atoms with van der Waals surface area (Å²) in [6.07, 6.45) is 0. The average molecular weight is 464 g/mol. The molecule has 0 radical (unpaired) electrons. The van der Waals surface area contributed by atoms with E-state index < -0.39 is 0 Å². The van der Waals surface area contributed by atoms with Gasteiger partial charge in [0.25, 0.3) is 5.91 Å². The maximum atomic E-state index is 13.5. The minimum absolute atomic E-state index is 0.0160. The van der Waals surface area contributed by atoms with Crippen molar-refractivity contribution in [1.82, 2.24) is 0 Å². The molecule has 0 saturated heterocycles. The summed E-state index contributed by atoms with van der Waals surface area (Å²) in [7, 11) is 0. The Kier molecular flexibility index (Phi) is 5.73. The molecular formula is C20H18FIN2O2. The molecule has 2 N–H and O–H groups in total. The number of nitrogens with one attached hydrogen (secondary N) is 1. The van der Waals surface area contributed by atoms with Crippen LogP contribution in [0.5, 0.6) is 0 Å². The van der Waals surface area contributed by atoms with Gasteiger partial charge in [0, 0.05) is 23.2 Å². The molecule has 4 nitrogen and oxygen atoms in total. The third kappa shape index (κ3) is 3.81. The number of halogens is 2. The fourth-order valence-corrected chi connectivity index (χ4v) is 3.47. The standard InChI is InChI=1S/C20H18FIN2O2/c1-13-5-7-16(23-9-10-25)12-18(13)20(26)24(22)19-4-2-3-14-11-15(21)6-8-17(14)19/h2-8,11-12,23,25H,9-10H2,1H3. The summed E-state index contributed by atoms with van der Waals surface area (Å²) in [6, 6.07) is 15.5. The molecule has 134 valence electrons. The number of hydrogen-bond donors (Lipinski definition) is 2. The van der Waals surface area contributed by atoms with Gasteiger partial charge in [-0.1, -0.05) is 18.2 Å². The monoisotopic (exact) mass is 464 g/mol. The van der Waals surface area contributed by atoms with E-state index in [1.807, 2.05) is 60.1 Å². The summed E-state index contributed by atoms with van der Waals surface area (Å²) in [6.45, 7) is 2.31. The van der Waals surface area contributed by atoms with Crippen molar-refractivity contribution in [3.05, 3.63) is 71.5 Å². The lowest BCUT2D eigenvalue weighted by Gasteiger charge is -2.19. The fourth-order valence-electron chi connectivity index (χ4n) is 2.79. The molecule has 0 spiro atoms. The van der Waals surface area contributed by atoms with E-state index in [1.165, 1.54) is 12.1 Å². The zero-order valence-electron chi connectivity index (χ0n) is 14.2. The Hall–Kier alpha value is -2.19. The number of nitrogens with zero attached hydrogens (tertiary/aromatic N) is 1. The molecule has 0 aliphatic heterocycles. The number of carbonyl (C=O) groups is 1. The number of hydrogen-bond acceptors (Lipinski definition) is 3. The summed E-state index contributed by atoms with van der Waals surface area (Å²) in [4.78, 5) is 13.1. The van der Waals surface area contributed by atoms with Crippen molar-refractivity contribution in [3.8, 4) is 0 Å². The SMILES string of the molecule is Cc1ccc(NCCO)cc1C(=O)N(I)c1cccc2cc(F)ccc12. The van der Waals surface area contributed by atoms with E-state index in [9.17, 15) is 9.18 Å². The Labute approximate surface area is 165 Å². The Morgan fingerprint density at radius 3 is 2.77 bits per heavy atom. The van der Waals surface area contributed by atoms with E-state index >= 15 is 0 Å². The van der Waals surface area contributed by atoms with Gasteiger partial charge in [0.2, 0.25) is 0 Å². The highest BCUT2D eigenvalue weighted by Gasteiger charge is 2.19. The molecule has 0 unspecified atom stereocenters. The van der Waals surface area contributed by atoms with Gasteiger partial charge in [0.05, 0.1) is 35.2 Å². The molecule has 1 amide bonds. The lowest BCUT2D eigenvalue weighted by Crippen LogP contribution is -2.21. The van der Waals surface area contributed by atoms with Gasteiger partial charge >= 0.3 is 0 Å². The molecule has 3 aromatic carbocycles. The summed E-state index contributed by atoms with van der Waals surface area (Å²) in [5.41, 5.74) is 2.91. The number of fused-ring (bicyclic) bond motifs is 1. The van der Waals surface area contributed by atoms with E-state index in [0.29, 0.717) is 17.8 Å². The molecule has 0 bridgehead atoms. The van der Waals surface area contributed by atoms with Crippen LogP contribution in [0.3, 0.4) is 0 Å². The Morgan fingerprint density at radius 1 is 1.19 bits per heavy atom. The number of rotatable bonds is 5. The van der Waals surface area contributed by atoms with Gasteiger partial charge in [-0.2, -0.15) is 0 Å².